The molecule has 182 valence electrons. The van der Waals surface area contributed by atoms with Crippen LogP contribution in [0, 0.1) is 0 Å². The fourth-order valence-electron chi connectivity index (χ4n) is 3.86. The number of sulfonamides is 1. The first kappa shape index (κ1) is 23.8. The van der Waals surface area contributed by atoms with Crippen molar-refractivity contribution in [1.82, 2.24) is 14.9 Å². The third-order valence-electron chi connectivity index (χ3n) is 5.77. The van der Waals surface area contributed by atoms with Gasteiger partial charge in [0.05, 0.1) is 26.8 Å². The number of anilines is 1. The predicted molar refractivity (Wildman–Crippen MR) is 128 cm³/mol. The highest BCUT2D eigenvalue weighted by molar-refractivity contribution is 7.92. The number of hydrogen-bond acceptors (Lipinski definition) is 9. The molecule has 0 spiro atoms. The van der Waals surface area contributed by atoms with Crippen molar-refractivity contribution in [2.24, 2.45) is 0 Å². The molecule has 0 aliphatic carbocycles. The normalized spacial score (nSPS) is 15.2. The summed E-state index contributed by atoms with van der Waals surface area (Å²) in [7, 11) is 2.43. The molecule has 0 atom stereocenters. The van der Waals surface area contributed by atoms with Gasteiger partial charge in [0.2, 0.25) is 0 Å². The zero-order valence-corrected chi connectivity index (χ0v) is 20.4. The molecule has 1 saturated heterocycles. The van der Waals surface area contributed by atoms with Crippen LogP contribution >= 0.6 is 0 Å². The lowest BCUT2D eigenvalue weighted by molar-refractivity contribution is 0.111. The van der Waals surface area contributed by atoms with Crippen molar-refractivity contribution in [1.29, 1.82) is 0 Å². The first-order chi connectivity index (χ1) is 16.3. The van der Waals surface area contributed by atoms with Crippen LogP contribution < -0.4 is 23.7 Å². The summed E-state index contributed by atoms with van der Waals surface area (Å²) in [5.74, 6) is 1.70. The number of aromatic nitrogens is 2. The van der Waals surface area contributed by atoms with E-state index in [0.717, 1.165) is 25.9 Å². The molecule has 2 aromatic carbocycles. The molecule has 1 aliphatic rings. The zero-order valence-electron chi connectivity index (χ0n) is 19.6. The summed E-state index contributed by atoms with van der Waals surface area (Å²) in [5.41, 5.74) is 0.522. The second-order valence-corrected chi connectivity index (χ2v) is 9.64. The van der Waals surface area contributed by atoms with E-state index in [9.17, 15) is 8.42 Å². The Kier molecular flexibility index (Phi) is 6.94. The van der Waals surface area contributed by atoms with Gasteiger partial charge in [0, 0.05) is 30.6 Å². The van der Waals surface area contributed by atoms with Gasteiger partial charge in [0.25, 0.3) is 10.0 Å². The lowest BCUT2D eigenvalue weighted by Gasteiger charge is -2.29. The summed E-state index contributed by atoms with van der Waals surface area (Å²) >= 11 is 0. The van der Waals surface area contributed by atoms with Gasteiger partial charge in [-0.25, -0.2) is 18.4 Å². The SMILES string of the molecule is COc1ccc(OC)c(S(=O)(=O)Nc2ncnc3cc(OC4CCN(C)CC4)c(OC)cc23)c1. The van der Waals surface area contributed by atoms with Gasteiger partial charge in [0.1, 0.15) is 28.8 Å². The van der Waals surface area contributed by atoms with E-state index in [-0.39, 0.29) is 22.6 Å². The first-order valence-corrected chi connectivity index (χ1v) is 12.3. The number of nitrogens with zero attached hydrogens (tertiary/aromatic N) is 3. The number of piperidine rings is 1. The Morgan fingerprint density at radius 2 is 1.68 bits per heavy atom. The van der Waals surface area contributed by atoms with Crippen LogP contribution in [-0.2, 0) is 10.0 Å². The van der Waals surface area contributed by atoms with E-state index in [1.54, 1.807) is 18.2 Å². The third kappa shape index (κ3) is 4.95. The number of nitrogens with one attached hydrogen (secondary N) is 1. The summed E-state index contributed by atoms with van der Waals surface area (Å²) in [6, 6.07) is 7.97. The first-order valence-electron chi connectivity index (χ1n) is 10.8. The second-order valence-electron chi connectivity index (χ2n) is 7.99. The molecule has 0 saturated carbocycles. The summed E-state index contributed by atoms with van der Waals surface area (Å²) in [6.07, 6.45) is 3.20. The largest absolute Gasteiger partial charge is 0.497 e. The molecule has 0 bridgehead atoms. The van der Waals surface area contributed by atoms with Gasteiger partial charge in [-0.1, -0.05) is 0 Å². The lowest BCUT2D eigenvalue weighted by Crippen LogP contribution is -2.35. The Morgan fingerprint density at radius 1 is 0.941 bits per heavy atom. The maximum atomic E-state index is 13.2. The average Bonchev–Trinajstić information content (AvgIpc) is 2.84. The number of rotatable bonds is 8. The van der Waals surface area contributed by atoms with Crippen LogP contribution in [0.2, 0.25) is 0 Å². The Balaban J connectivity index is 1.69. The minimum absolute atomic E-state index is 0.0721. The second kappa shape index (κ2) is 9.90. The van der Waals surface area contributed by atoms with Crippen molar-refractivity contribution in [3.8, 4) is 23.0 Å². The number of likely N-dealkylation sites (tertiary alicyclic amines) is 1. The molecular weight excluding hydrogens is 460 g/mol. The molecule has 10 nitrogen and oxygen atoms in total. The van der Waals surface area contributed by atoms with Crippen LogP contribution in [0.25, 0.3) is 10.9 Å². The van der Waals surface area contributed by atoms with Gasteiger partial charge >= 0.3 is 0 Å². The maximum Gasteiger partial charge on any atom is 0.266 e. The van der Waals surface area contributed by atoms with Crippen LogP contribution in [0.1, 0.15) is 12.8 Å². The molecule has 4 rings (SSSR count). The smallest absolute Gasteiger partial charge is 0.266 e. The fourth-order valence-corrected chi connectivity index (χ4v) is 5.07. The van der Waals surface area contributed by atoms with Gasteiger partial charge in [-0.05, 0) is 38.1 Å². The highest BCUT2D eigenvalue weighted by Gasteiger charge is 2.24. The zero-order chi connectivity index (χ0) is 24.3. The monoisotopic (exact) mass is 488 g/mol. The summed E-state index contributed by atoms with van der Waals surface area (Å²) in [4.78, 5) is 10.7. The molecule has 1 aromatic heterocycles. The van der Waals surface area contributed by atoms with Crippen molar-refractivity contribution in [2.45, 2.75) is 23.8 Å². The molecule has 1 N–H and O–H groups in total. The number of methoxy groups -OCH3 is 3. The van der Waals surface area contributed by atoms with E-state index in [4.69, 9.17) is 18.9 Å². The number of benzene rings is 2. The number of ether oxygens (including phenoxy) is 4. The molecule has 0 amide bonds. The van der Waals surface area contributed by atoms with Gasteiger partial charge in [-0.3, -0.25) is 4.72 Å². The number of hydrogen-bond donors (Lipinski definition) is 1. The molecule has 0 unspecified atom stereocenters. The Hall–Kier alpha value is -3.31. The van der Waals surface area contributed by atoms with Gasteiger partial charge in [-0.2, -0.15) is 0 Å². The molecular formula is C23H28N4O6S. The standard InChI is InChI=1S/C23H28N4O6S/c1-27-9-7-15(8-10-27)33-21-13-18-17(12-20(21)32-4)23(25-14-24-18)26-34(28,29)22-11-16(30-2)5-6-19(22)31-3/h5-6,11-15H,7-10H2,1-4H3,(H,24,25,26). The van der Waals surface area contributed by atoms with Crippen LogP contribution in [0.15, 0.2) is 41.6 Å². The van der Waals surface area contributed by atoms with Gasteiger partial charge < -0.3 is 23.8 Å². The highest BCUT2D eigenvalue weighted by atomic mass is 32.2. The molecule has 34 heavy (non-hydrogen) atoms. The summed E-state index contributed by atoms with van der Waals surface area (Å²) < 4.78 is 51.2. The Morgan fingerprint density at radius 3 is 2.35 bits per heavy atom. The molecule has 0 radical (unpaired) electrons. The van der Waals surface area contributed by atoms with Crippen molar-refractivity contribution in [3.05, 3.63) is 36.7 Å². The average molecular weight is 489 g/mol. The topological polar surface area (TPSA) is 112 Å². The van der Waals surface area contributed by atoms with E-state index in [1.807, 2.05) is 0 Å². The fraction of sp³-hybridized carbons (Fsp3) is 0.391. The predicted octanol–water partition coefficient (Wildman–Crippen LogP) is 2.93. The highest BCUT2D eigenvalue weighted by Crippen LogP contribution is 2.36. The molecule has 1 fully saturated rings. The maximum absolute atomic E-state index is 13.2. The number of fused-ring (bicyclic) bond motifs is 1. The van der Waals surface area contributed by atoms with E-state index in [0.29, 0.717) is 28.2 Å². The molecule has 1 aliphatic heterocycles. The van der Waals surface area contributed by atoms with Crippen molar-refractivity contribution < 1.29 is 27.4 Å². The van der Waals surface area contributed by atoms with Gasteiger partial charge in [-0.15, -0.1) is 0 Å². The van der Waals surface area contributed by atoms with E-state index < -0.39 is 10.0 Å². The Bertz CT molecular complexity index is 1280. The van der Waals surface area contributed by atoms with Crippen LogP contribution in [0.5, 0.6) is 23.0 Å². The third-order valence-corrected chi connectivity index (χ3v) is 7.13. The molecule has 11 heteroatoms. The van der Waals surface area contributed by atoms with Crippen molar-refractivity contribution in [3.63, 3.8) is 0 Å². The van der Waals surface area contributed by atoms with Crippen LogP contribution in [0.4, 0.5) is 5.82 Å². The van der Waals surface area contributed by atoms with Crippen molar-refractivity contribution in [2.75, 3.05) is 46.2 Å². The van der Waals surface area contributed by atoms with E-state index in [1.165, 1.54) is 39.8 Å². The minimum atomic E-state index is -4.06. The quantitative estimate of drug-likeness (QED) is 0.511. The molecule has 2 heterocycles. The summed E-state index contributed by atoms with van der Waals surface area (Å²) in [5, 5.41) is 0.473. The Labute approximate surface area is 198 Å². The van der Waals surface area contributed by atoms with Gasteiger partial charge in [0.15, 0.2) is 17.3 Å². The van der Waals surface area contributed by atoms with Crippen LogP contribution in [0.3, 0.4) is 0 Å². The minimum Gasteiger partial charge on any atom is -0.497 e. The van der Waals surface area contributed by atoms with Crippen LogP contribution in [-0.4, -0.2) is 70.9 Å². The lowest BCUT2D eigenvalue weighted by atomic mass is 10.1. The molecule has 3 aromatic rings. The van der Waals surface area contributed by atoms with E-state index >= 15 is 0 Å². The summed E-state index contributed by atoms with van der Waals surface area (Å²) in [6.45, 7) is 1.92. The van der Waals surface area contributed by atoms with E-state index in [2.05, 4.69) is 26.6 Å². The van der Waals surface area contributed by atoms with Crippen molar-refractivity contribution >= 4 is 26.7 Å².